The van der Waals surface area contributed by atoms with Gasteiger partial charge < -0.3 is 0 Å². The molecule has 0 aromatic heterocycles. The van der Waals surface area contributed by atoms with Crippen molar-refractivity contribution >= 4 is 9.84 Å². The maximum absolute atomic E-state index is 10.9. The Labute approximate surface area is 127 Å². The van der Waals surface area contributed by atoms with E-state index in [-0.39, 0.29) is 0 Å². The SMILES string of the molecule is CCCC/C=C\CCCCCCCCCCS(C)(=O)=O. The Bertz CT molecular complexity index is 318. The second-order valence-electron chi connectivity index (χ2n) is 5.86. The number of allylic oxidation sites excluding steroid dienone is 2. The molecule has 0 saturated heterocycles. The van der Waals surface area contributed by atoms with Crippen LogP contribution in [-0.4, -0.2) is 20.4 Å². The van der Waals surface area contributed by atoms with Crippen LogP contribution in [0.5, 0.6) is 0 Å². The van der Waals surface area contributed by atoms with Crippen molar-refractivity contribution < 1.29 is 8.42 Å². The van der Waals surface area contributed by atoms with E-state index in [1.807, 2.05) is 0 Å². The number of sulfone groups is 1. The topological polar surface area (TPSA) is 34.1 Å². The average molecular weight is 303 g/mol. The minimum absolute atomic E-state index is 0.358. The van der Waals surface area contributed by atoms with Crippen molar-refractivity contribution in [2.45, 2.75) is 84.0 Å². The van der Waals surface area contributed by atoms with Crippen LogP contribution in [0.3, 0.4) is 0 Å². The number of hydrogen-bond donors (Lipinski definition) is 0. The molecule has 0 aliphatic rings. The highest BCUT2D eigenvalue weighted by molar-refractivity contribution is 7.90. The van der Waals surface area contributed by atoms with Crippen LogP contribution in [0.4, 0.5) is 0 Å². The standard InChI is InChI=1S/C17H34O2S/c1-3-4-5-6-7-8-9-10-11-12-13-14-15-16-17-20(2,18)19/h6-7H,3-5,8-17H2,1-2H3/b7-6-. The molecule has 0 aliphatic carbocycles. The minimum atomic E-state index is -2.75. The van der Waals surface area contributed by atoms with Crippen molar-refractivity contribution in [1.82, 2.24) is 0 Å². The van der Waals surface area contributed by atoms with E-state index in [4.69, 9.17) is 0 Å². The van der Waals surface area contributed by atoms with Crippen molar-refractivity contribution in [1.29, 1.82) is 0 Å². The Kier molecular flexibility index (Phi) is 13.5. The molecule has 0 aliphatic heterocycles. The molecule has 2 nitrogen and oxygen atoms in total. The van der Waals surface area contributed by atoms with E-state index >= 15 is 0 Å². The van der Waals surface area contributed by atoms with Crippen LogP contribution in [-0.2, 0) is 9.84 Å². The maximum atomic E-state index is 10.9. The first-order valence-electron chi connectivity index (χ1n) is 8.39. The van der Waals surface area contributed by atoms with Crippen LogP contribution in [0.1, 0.15) is 84.0 Å². The Morgan fingerprint density at radius 1 is 0.700 bits per heavy atom. The van der Waals surface area contributed by atoms with Crippen LogP contribution in [0, 0.1) is 0 Å². The molecule has 0 saturated carbocycles. The zero-order valence-corrected chi connectivity index (χ0v) is 14.4. The monoisotopic (exact) mass is 302 g/mol. The molecule has 0 radical (unpaired) electrons. The molecule has 0 rings (SSSR count). The van der Waals surface area contributed by atoms with Gasteiger partial charge in [0.1, 0.15) is 9.84 Å². The van der Waals surface area contributed by atoms with Gasteiger partial charge in [0.2, 0.25) is 0 Å². The first-order chi connectivity index (χ1) is 9.56. The lowest BCUT2D eigenvalue weighted by atomic mass is 10.1. The molecule has 0 heterocycles. The third-order valence-corrected chi connectivity index (χ3v) is 4.56. The molecule has 0 N–H and O–H groups in total. The van der Waals surface area contributed by atoms with E-state index in [0.29, 0.717) is 5.75 Å². The summed E-state index contributed by atoms with van der Waals surface area (Å²) in [6, 6.07) is 0. The van der Waals surface area contributed by atoms with E-state index in [1.54, 1.807) is 0 Å². The van der Waals surface area contributed by atoms with Crippen LogP contribution in [0.25, 0.3) is 0 Å². The lowest BCUT2D eigenvalue weighted by molar-refractivity contribution is 0.570. The zero-order chi connectivity index (χ0) is 15.1. The number of hydrogen-bond acceptors (Lipinski definition) is 2. The fourth-order valence-corrected chi connectivity index (χ4v) is 2.97. The molecule has 0 bridgehead atoms. The molecular formula is C17H34O2S. The predicted octanol–water partition coefficient (Wildman–Crippen LogP) is 5.29. The van der Waals surface area contributed by atoms with Gasteiger partial charge in [0.05, 0.1) is 0 Å². The highest BCUT2D eigenvalue weighted by Crippen LogP contribution is 2.10. The van der Waals surface area contributed by atoms with Gasteiger partial charge >= 0.3 is 0 Å². The first kappa shape index (κ1) is 19.7. The molecule has 0 unspecified atom stereocenters. The van der Waals surface area contributed by atoms with Crippen LogP contribution in [0.2, 0.25) is 0 Å². The third-order valence-electron chi connectivity index (χ3n) is 3.53. The van der Waals surface area contributed by atoms with E-state index in [2.05, 4.69) is 19.1 Å². The predicted molar refractivity (Wildman–Crippen MR) is 89.9 cm³/mol. The second kappa shape index (κ2) is 13.7. The summed E-state index contributed by atoms with van der Waals surface area (Å²) in [4.78, 5) is 0. The van der Waals surface area contributed by atoms with Gasteiger partial charge in [0.15, 0.2) is 0 Å². The molecule has 120 valence electrons. The molecule has 0 aromatic carbocycles. The highest BCUT2D eigenvalue weighted by atomic mass is 32.2. The van der Waals surface area contributed by atoms with E-state index in [0.717, 1.165) is 12.8 Å². The van der Waals surface area contributed by atoms with Crippen molar-refractivity contribution in [3.8, 4) is 0 Å². The molecular weight excluding hydrogens is 268 g/mol. The fourth-order valence-electron chi connectivity index (χ4n) is 2.24. The summed E-state index contributed by atoms with van der Waals surface area (Å²) in [5.41, 5.74) is 0. The number of rotatable bonds is 14. The smallest absolute Gasteiger partial charge is 0.147 e. The van der Waals surface area contributed by atoms with E-state index in [9.17, 15) is 8.42 Å². The molecule has 0 aromatic rings. The minimum Gasteiger partial charge on any atom is -0.229 e. The normalized spacial score (nSPS) is 12.3. The fraction of sp³-hybridized carbons (Fsp3) is 0.882. The lowest BCUT2D eigenvalue weighted by Crippen LogP contribution is -2.02. The summed E-state index contributed by atoms with van der Waals surface area (Å²) in [7, 11) is -2.75. The van der Waals surface area contributed by atoms with E-state index < -0.39 is 9.84 Å². The first-order valence-corrected chi connectivity index (χ1v) is 10.4. The van der Waals surface area contributed by atoms with Gasteiger partial charge in [-0.2, -0.15) is 0 Å². The van der Waals surface area contributed by atoms with Crippen LogP contribution in [0.15, 0.2) is 12.2 Å². The Hall–Kier alpha value is -0.310. The van der Waals surface area contributed by atoms with Crippen molar-refractivity contribution in [3.05, 3.63) is 12.2 Å². The molecule has 0 spiro atoms. The molecule has 0 fully saturated rings. The zero-order valence-electron chi connectivity index (χ0n) is 13.6. The summed E-state index contributed by atoms with van der Waals surface area (Å²) in [6.45, 7) is 2.23. The van der Waals surface area contributed by atoms with Gasteiger partial charge in [-0.25, -0.2) is 8.42 Å². The second-order valence-corrected chi connectivity index (χ2v) is 8.12. The molecule has 0 amide bonds. The maximum Gasteiger partial charge on any atom is 0.147 e. The van der Waals surface area contributed by atoms with Gasteiger partial charge in [-0.15, -0.1) is 0 Å². The summed E-state index contributed by atoms with van der Waals surface area (Å²) >= 11 is 0. The summed E-state index contributed by atoms with van der Waals surface area (Å²) in [6.07, 6.45) is 20.7. The Morgan fingerprint density at radius 3 is 1.65 bits per heavy atom. The quantitative estimate of drug-likeness (QED) is 0.323. The van der Waals surface area contributed by atoms with Crippen LogP contribution >= 0.6 is 0 Å². The molecule has 20 heavy (non-hydrogen) atoms. The summed E-state index contributed by atoms with van der Waals surface area (Å²) in [5, 5.41) is 0. The molecule has 0 atom stereocenters. The van der Waals surface area contributed by atoms with Gasteiger partial charge in [0.25, 0.3) is 0 Å². The average Bonchev–Trinajstić information content (AvgIpc) is 2.38. The number of unbranched alkanes of at least 4 members (excludes halogenated alkanes) is 10. The third kappa shape index (κ3) is 17.7. The molecule has 3 heteroatoms. The largest absolute Gasteiger partial charge is 0.229 e. The summed E-state index contributed by atoms with van der Waals surface area (Å²) < 4.78 is 21.9. The van der Waals surface area contributed by atoms with Crippen LogP contribution < -0.4 is 0 Å². The van der Waals surface area contributed by atoms with E-state index in [1.165, 1.54) is 70.5 Å². The van der Waals surface area contributed by atoms with Gasteiger partial charge in [-0.3, -0.25) is 0 Å². The summed E-state index contributed by atoms with van der Waals surface area (Å²) in [5.74, 6) is 0.358. The van der Waals surface area contributed by atoms with Crippen molar-refractivity contribution in [2.75, 3.05) is 12.0 Å². The van der Waals surface area contributed by atoms with Crippen molar-refractivity contribution in [3.63, 3.8) is 0 Å². The van der Waals surface area contributed by atoms with Crippen molar-refractivity contribution in [2.24, 2.45) is 0 Å². The lowest BCUT2D eigenvalue weighted by Gasteiger charge is -2.01. The highest BCUT2D eigenvalue weighted by Gasteiger charge is 2.00. The Balaban J connectivity index is 3.12. The van der Waals surface area contributed by atoms with Gasteiger partial charge in [-0.1, -0.05) is 70.4 Å². The van der Waals surface area contributed by atoms with Gasteiger partial charge in [0, 0.05) is 12.0 Å². The Morgan fingerprint density at radius 2 is 1.15 bits per heavy atom. The van der Waals surface area contributed by atoms with Gasteiger partial charge in [-0.05, 0) is 25.7 Å².